The molecule has 6 aromatic rings. The molecule has 0 aliphatic rings. The summed E-state index contributed by atoms with van der Waals surface area (Å²) in [7, 11) is -1.66. The standard InChI is InChI=1S/C56H68P2/c1-10-41-28-42(11-2)33-51(32-41)57(52-34-43(12-3)29-44(13-4)35-52)55(49-24-20-18-21-25-49)40(9)56(50-26-22-19-23-27-50)58(53-36-45(14-5)30-46(15-6)37-53)54-38-47(16-7)31-48(17-8)39-54/h18-40,55-56H,10-17H2,1-9H3. The normalized spacial score (nSPS) is 13.2. The molecule has 0 aliphatic heterocycles. The number of hydrogen-bond acceptors (Lipinski definition) is 0. The molecule has 0 fully saturated rings. The average molecular weight is 803 g/mol. The highest BCUT2D eigenvalue weighted by atomic mass is 31.1. The highest BCUT2D eigenvalue weighted by Crippen LogP contribution is 2.63. The van der Waals surface area contributed by atoms with Crippen molar-refractivity contribution in [3.05, 3.63) is 189 Å². The minimum atomic E-state index is -0.830. The van der Waals surface area contributed by atoms with Gasteiger partial charge in [0.15, 0.2) is 0 Å². The molecule has 6 aromatic carbocycles. The third-order valence-electron chi connectivity index (χ3n) is 12.4. The van der Waals surface area contributed by atoms with Crippen LogP contribution < -0.4 is 21.2 Å². The molecule has 0 saturated carbocycles. The number of aryl methyl sites for hydroxylation is 8. The Labute approximate surface area is 355 Å². The molecule has 302 valence electrons. The molecule has 0 heterocycles. The van der Waals surface area contributed by atoms with Crippen LogP contribution in [0.2, 0.25) is 0 Å². The second kappa shape index (κ2) is 20.9. The maximum Gasteiger partial charge on any atom is 0.0157 e. The molecule has 0 nitrogen and oxygen atoms in total. The lowest BCUT2D eigenvalue weighted by atomic mass is 9.93. The molecule has 0 amide bonds. The highest BCUT2D eigenvalue weighted by Gasteiger charge is 2.40. The van der Waals surface area contributed by atoms with E-state index in [1.165, 1.54) is 76.9 Å². The minimum Gasteiger partial charge on any atom is -0.0622 e. The van der Waals surface area contributed by atoms with Gasteiger partial charge in [0, 0.05) is 11.3 Å². The molecular weight excluding hydrogens is 735 g/mol. The topological polar surface area (TPSA) is 0 Å². The largest absolute Gasteiger partial charge is 0.0622 e. The van der Waals surface area contributed by atoms with Crippen molar-refractivity contribution in [3.63, 3.8) is 0 Å². The average Bonchev–Trinajstić information content (AvgIpc) is 3.29. The summed E-state index contributed by atoms with van der Waals surface area (Å²) >= 11 is 0. The molecule has 0 spiro atoms. The Morgan fingerprint density at radius 3 is 0.707 bits per heavy atom. The van der Waals surface area contributed by atoms with Crippen LogP contribution in [0.15, 0.2) is 133 Å². The maximum atomic E-state index is 2.64. The van der Waals surface area contributed by atoms with E-state index in [2.05, 4.69) is 196 Å². The first kappa shape index (κ1) is 43.8. The molecule has 0 N–H and O–H groups in total. The van der Waals surface area contributed by atoms with Gasteiger partial charge in [0.05, 0.1) is 0 Å². The van der Waals surface area contributed by atoms with E-state index in [1.54, 1.807) is 0 Å². The molecular formula is C56H68P2. The molecule has 2 unspecified atom stereocenters. The predicted molar refractivity (Wildman–Crippen MR) is 261 cm³/mol. The first-order valence-corrected chi connectivity index (χ1v) is 25.3. The van der Waals surface area contributed by atoms with Gasteiger partial charge in [-0.1, -0.05) is 196 Å². The molecule has 0 aromatic heterocycles. The van der Waals surface area contributed by atoms with E-state index >= 15 is 0 Å². The Balaban J connectivity index is 1.73. The Morgan fingerprint density at radius 1 is 0.310 bits per heavy atom. The third-order valence-corrected chi connectivity index (χ3v) is 18.3. The van der Waals surface area contributed by atoms with Crippen LogP contribution in [0, 0.1) is 5.92 Å². The molecule has 6 rings (SSSR count). The summed E-state index contributed by atoms with van der Waals surface area (Å²) in [6, 6.07) is 54.0. The van der Waals surface area contributed by atoms with Crippen LogP contribution in [0.4, 0.5) is 0 Å². The van der Waals surface area contributed by atoms with Crippen molar-refractivity contribution in [2.24, 2.45) is 5.92 Å². The van der Waals surface area contributed by atoms with E-state index in [1.807, 2.05) is 0 Å². The zero-order valence-electron chi connectivity index (χ0n) is 37.0. The van der Waals surface area contributed by atoms with Crippen molar-refractivity contribution in [1.82, 2.24) is 0 Å². The smallest absolute Gasteiger partial charge is 0.0157 e. The van der Waals surface area contributed by atoms with Crippen molar-refractivity contribution in [1.29, 1.82) is 0 Å². The van der Waals surface area contributed by atoms with E-state index in [0.29, 0.717) is 5.92 Å². The highest BCUT2D eigenvalue weighted by molar-refractivity contribution is 7.74. The molecule has 0 radical (unpaired) electrons. The summed E-state index contributed by atoms with van der Waals surface area (Å²) in [4.78, 5) is 0. The van der Waals surface area contributed by atoms with Gasteiger partial charge in [0.1, 0.15) is 0 Å². The summed E-state index contributed by atoms with van der Waals surface area (Å²) in [5.41, 5.74) is 15.1. The van der Waals surface area contributed by atoms with E-state index in [-0.39, 0.29) is 11.3 Å². The van der Waals surface area contributed by atoms with Gasteiger partial charge in [0.25, 0.3) is 0 Å². The zero-order chi connectivity index (χ0) is 41.2. The molecule has 0 bridgehead atoms. The fourth-order valence-corrected chi connectivity index (χ4v) is 15.6. The van der Waals surface area contributed by atoms with Gasteiger partial charge in [-0.2, -0.15) is 0 Å². The number of hydrogen-bond donors (Lipinski definition) is 0. The summed E-state index contributed by atoms with van der Waals surface area (Å²) in [5.74, 6) is 0.304. The minimum absolute atomic E-state index is 0.278. The van der Waals surface area contributed by atoms with Crippen LogP contribution in [-0.2, 0) is 51.4 Å². The molecule has 0 aliphatic carbocycles. The van der Waals surface area contributed by atoms with Crippen LogP contribution in [0.3, 0.4) is 0 Å². The van der Waals surface area contributed by atoms with Gasteiger partial charge in [0.2, 0.25) is 0 Å². The third kappa shape index (κ3) is 10.1. The van der Waals surface area contributed by atoms with Crippen molar-refractivity contribution in [2.45, 2.75) is 125 Å². The SMILES string of the molecule is CCc1cc(CC)cc(P(c2cc(CC)cc(CC)c2)C(c2ccccc2)C(C)C(c2ccccc2)P(c2cc(CC)cc(CC)c2)c2cc(CC)cc(CC)c2)c1. The van der Waals surface area contributed by atoms with Crippen LogP contribution in [0.25, 0.3) is 0 Å². The van der Waals surface area contributed by atoms with Gasteiger partial charge < -0.3 is 0 Å². The Morgan fingerprint density at radius 2 is 0.517 bits per heavy atom. The molecule has 58 heavy (non-hydrogen) atoms. The van der Waals surface area contributed by atoms with Crippen molar-refractivity contribution in [2.75, 3.05) is 0 Å². The first-order chi connectivity index (χ1) is 28.3. The van der Waals surface area contributed by atoms with Gasteiger partial charge in [-0.3, -0.25) is 0 Å². The van der Waals surface area contributed by atoms with E-state index < -0.39 is 15.8 Å². The van der Waals surface area contributed by atoms with Crippen molar-refractivity contribution >= 4 is 37.1 Å². The monoisotopic (exact) mass is 802 g/mol. The zero-order valence-corrected chi connectivity index (χ0v) is 38.8. The Bertz CT molecular complexity index is 1860. The Kier molecular flexibility index (Phi) is 15.8. The van der Waals surface area contributed by atoms with Crippen LogP contribution >= 0.6 is 15.8 Å². The van der Waals surface area contributed by atoms with Crippen molar-refractivity contribution < 1.29 is 0 Å². The lowest BCUT2D eigenvalue weighted by molar-refractivity contribution is 0.546. The Hall–Kier alpha value is -3.82. The number of benzene rings is 6. The molecule has 0 saturated heterocycles. The van der Waals surface area contributed by atoms with Crippen LogP contribution in [0.1, 0.15) is 129 Å². The fraction of sp³-hybridized carbons (Fsp3) is 0.357. The van der Waals surface area contributed by atoms with Gasteiger partial charge in [-0.05, 0) is 150 Å². The van der Waals surface area contributed by atoms with Crippen molar-refractivity contribution in [3.8, 4) is 0 Å². The second-order valence-corrected chi connectivity index (χ2v) is 20.8. The van der Waals surface area contributed by atoms with Gasteiger partial charge in [-0.15, -0.1) is 0 Å². The van der Waals surface area contributed by atoms with E-state index in [9.17, 15) is 0 Å². The summed E-state index contributed by atoms with van der Waals surface area (Å²) in [6.45, 7) is 21.3. The second-order valence-electron chi connectivity index (χ2n) is 16.2. The maximum absolute atomic E-state index is 2.64. The molecule has 2 atom stereocenters. The van der Waals surface area contributed by atoms with Gasteiger partial charge >= 0.3 is 0 Å². The van der Waals surface area contributed by atoms with Crippen LogP contribution in [0.5, 0.6) is 0 Å². The number of rotatable bonds is 18. The van der Waals surface area contributed by atoms with Gasteiger partial charge in [-0.25, -0.2) is 0 Å². The fourth-order valence-electron chi connectivity index (χ4n) is 8.95. The summed E-state index contributed by atoms with van der Waals surface area (Å²) < 4.78 is 0. The van der Waals surface area contributed by atoms with E-state index in [0.717, 1.165) is 51.4 Å². The predicted octanol–water partition coefficient (Wildman–Crippen LogP) is 13.9. The van der Waals surface area contributed by atoms with E-state index in [4.69, 9.17) is 0 Å². The first-order valence-electron chi connectivity index (χ1n) is 22.5. The summed E-state index contributed by atoms with van der Waals surface area (Å²) in [5, 5.41) is 6.11. The van der Waals surface area contributed by atoms with Crippen LogP contribution in [-0.4, -0.2) is 0 Å². The quantitative estimate of drug-likeness (QED) is 0.0760. The summed E-state index contributed by atoms with van der Waals surface area (Å²) in [6.07, 6.45) is 8.36. The lowest BCUT2D eigenvalue weighted by Gasteiger charge is -2.42. The lowest BCUT2D eigenvalue weighted by Crippen LogP contribution is -2.29. The molecule has 2 heteroatoms.